The summed E-state index contributed by atoms with van der Waals surface area (Å²) in [6.07, 6.45) is -4.63. The van der Waals surface area contributed by atoms with Crippen LogP contribution in [-0.2, 0) is 6.18 Å². The lowest BCUT2D eigenvalue weighted by Gasteiger charge is -2.05. The number of anilines is 2. The van der Waals surface area contributed by atoms with E-state index in [9.17, 15) is 22.4 Å². The van der Waals surface area contributed by atoms with E-state index in [4.69, 9.17) is 11.6 Å². The SMILES string of the molecule is O=C(Nc1ccc(F)c(Cl)c1)Nc1nnc(C(F)(F)F)s1. The molecule has 0 aliphatic rings. The zero-order valence-corrected chi connectivity index (χ0v) is 11.4. The summed E-state index contributed by atoms with van der Waals surface area (Å²) in [5.74, 6) is -0.665. The van der Waals surface area contributed by atoms with Gasteiger partial charge in [-0.15, -0.1) is 10.2 Å². The van der Waals surface area contributed by atoms with Gasteiger partial charge in [0.25, 0.3) is 0 Å². The van der Waals surface area contributed by atoms with E-state index in [1.165, 1.54) is 6.07 Å². The molecule has 1 heterocycles. The van der Waals surface area contributed by atoms with Crippen LogP contribution in [0.5, 0.6) is 0 Å². The van der Waals surface area contributed by atoms with Gasteiger partial charge < -0.3 is 5.32 Å². The molecule has 0 unspecified atom stereocenters. The van der Waals surface area contributed by atoms with E-state index in [1.807, 2.05) is 0 Å². The molecule has 0 aliphatic carbocycles. The first kappa shape index (κ1) is 15.4. The second-order valence-electron chi connectivity index (χ2n) is 3.62. The summed E-state index contributed by atoms with van der Waals surface area (Å²) in [5.41, 5.74) is 0.166. The normalized spacial score (nSPS) is 11.3. The highest BCUT2D eigenvalue weighted by Gasteiger charge is 2.35. The fourth-order valence-electron chi connectivity index (χ4n) is 1.22. The number of hydrogen-bond donors (Lipinski definition) is 2. The Labute approximate surface area is 123 Å². The molecular weight excluding hydrogens is 336 g/mol. The van der Waals surface area contributed by atoms with E-state index in [-0.39, 0.29) is 27.2 Å². The molecule has 0 radical (unpaired) electrons. The Balaban J connectivity index is 2.01. The van der Waals surface area contributed by atoms with Crippen LogP contribution in [0.15, 0.2) is 18.2 Å². The van der Waals surface area contributed by atoms with Crippen molar-refractivity contribution >= 4 is 39.8 Å². The average molecular weight is 341 g/mol. The smallest absolute Gasteiger partial charge is 0.308 e. The van der Waals surface area contributed by atoms with Crippen LogP contribution < -0.4 is 10.6 Å². The number of aromatic nitrogens is 2. The monoisotopic (exact) mass is 340 g/mol. The van der Waals surface area contributed by atoms with Crippen LogP contribution >= 0.6 is 22.9 Å². The fraction of sp³-hybridized carbons (Fsp3) is 0.100. The van der Waals surface area contributed by atoms with Gasteiger partial charge in [0.05, 0.1) is 5.02 Å². The number of amides is 2. The van der Waals surface area contributed by atoms with Crippen molar-refractivity contribution in [3.63, 3.8) is 0 Å². The predicted molar refractivity (Wildman–Crippen MR) is 69.0 cm³/mol. The Kier molecular flexibility index (Phi) is 4.28. The Morgan fingerprint density at radius 1 is 1.24 bits per heavy atom. The molecule has 0 saturated carbocycles. The van der Waals surface area contributed by atoms with Crippen LogP contribution in [0.25, 0.3) is 0 Å². The largest absolute Gasteiger partial charge is 0.445 e. The first-order valence-corrected chi connectivity index (χ1v) is 6.39. The van der Waals surface area contributed by atoms with Gasteiger partial charge >= 0.3 is 12.2 Å². The van der Waals surface area contributed by atoms with E-state index in [0.717, 1.165) is 12.1 Å². The van der Waals surface area contributed by atoms with Crippen LogP contribution in [0.2, 0.25) is 5.02 Å². The summed E-state index contributed by atoms with van der Waals surface area (Å²) in [6, 6.07) is 2.56. The third-order valence-corrected chi connectivity index (χ3v) is 3.24. The summed E-state index contributed by atoms with van der Waals surface area (Å²) in [4.78, 5) is 11.5. The van der Waals surface area contributed by atoms with E-state index >= 15 is 0 Å². The van der Waals surface area contributed by atoms with Crippen molar-refractivity contribution in [1.82, 2.24) is 10.2 Å². The Morgan fingerprint density at radius 2 is 1.95 bits per heavy atom. The van der Waals surface area contributed by atoms with Gasteiger partial charge in [-0.1, -0.05) is 22.9 Å². The highest BCUT2D eigenvalue weighted by Crippen LogP contribution is 2.33. The van der Waals surface area contributed by atoms with E-state index in [2.05, 4.69) is 20.8 Å². The Morgan fingerprint density at radius 3 is 2.52 bits per heavy atom. The van der Waals surface area contributed by atoms with Crippen LogP contribution in [0.1, 0.15) is 5.01 Å². The number of halogens is 5. The van der Waals surface area contributed by atoms with Gasteiger partial charge in [0.1, 0.15) is 5.82 Å². The van der Waals surface area contributed by atoms with Gasteiger partial charge in [-0.05, 0) is 18.2 Å². The van der Waals surface area contributed by atoms with Gasteiger partial charge in [0.2, 0.25) is 10.1 Å². The van der Waals surface area contributed by atoms with Crippen molar-refractivity contribution in [2.75, 3.05) is 10.6 Å². The first-order valence-electron chi connectivity index (χ1n) is 5.19. The van der Waals surface area contributed by atoms with E-state index < -0.39 is 23.0 Å². The maximum atomic E-state index is 12.9. The van der Waals surface area contributed by atoms with Crippen molar-refractivity contribution in [3.05, 3.63) is 34.0 Å². The molecule has 21 heavy (non-hydrogen) atoms. The van der Waals surface area contributed by atoms with E-state index in [0.29, 0.717) is 0 Å². The molecule has 1 aromatic carbocycles. The predicted octanol–water partition coefficient (Wildman–Crippen LogP) is 3.99. The number of alkyl halides is 3. The molecule has 0 atom stereocenters. The zero-order valence-electron chi connectivity index (χ0n) is 9.83. The highest BCUT2D eigenvalue weighted by atomic mass is 35.5. The van der Waals surface area contributed by atoms with Crippen molar-refractivity contribution in [2.24, 2.45) is 0 Å². The topological polar surface area (TPSA) is 66.9 Å². The summed E-state index contributed by atoms with van der Waals surface area (Å²) in [5, 5.41) is 8.72. The number of hydrogen-bond acceptors (Lipinski definition) is 4. The fourth-order valence-corrected chi connectivity index (χ4v) is 2.01. The van der Waals surface area contributed by atoms with Crippen molar-refractivity contribution < 1.29 is 22.4 Å². The minimum Gasteiger partial charge on any atom is -0.308 e. The highest BCUT2D eigenvalue weighted by molar-refractivity contribution is 7.15. The Bertz CT molecular complexity index is 675. The summed E-state index contributed by atoms with van der Waals surface area (Å²) >= 11 is 5.70. The number of nitrogens with zero attached hydrogens (tertiary/aromatic N) is 2. The molecule has 2 amide bonds. The van der Waals surface area contributed by atoms with Gasteiger partial charge in [0, 0.05) is 5.69 Å². The molecule has 0 saturated heterocycles. The van der Waals surface area contributed by atoms with Gasteiger partial charge in [0.15, 0.2) is 0 Å². The first-order chi connectivity index (χ1) is 9.75. The molecule has 112 valence electrons. The second-order valence-corrected chi connectivity index (χ2v) is 5.00. The molecule has 11 heteroatoms. The van der Waals surface area contributed by atoms with Crippen LogP contribution in [0.4, 0.5) is 33.2 Å². The van der Waals surface area contributed by atoms with Crippen LogP contribution in [0.3, 0.4) is 0 Å². The summed E-state index contributed by atoms with van der Waals surface area (Å²) in [6.45, 7) is 0. The molecular formula is C10H5ClF4N4OS. The van der Waals surface area contributed by atoms with Crippen LogP contribution in [-0.4, -0.2) is 16.2 Å². The number of carbonyl (C=O) groups is 1. The molecule has 0 aliphatic heterocycles. The van der Waals surface area contributed by atoms with Crippen molar-refractivity contribution in [1.29, 1.82) is 0 Å². The maximum absolute atomic E-state index is 12.9. The van der Waals surface area contributed by atoms with E-state index in [1.54, 1.807) is 0 Å². The van der Waals surface area contributed by atoms with Crippen molar-refractivity contribution in [2.45, 2.75) is 6.18 Å². The molecule has 0 bridgehead atoms. The minimum atomic E-state index is -4.63. The van der Waals surface area contributed by atoms with Gasteiger partial charge in [-0.25, -0.2) is 9.18 Å². The average Bonchev–Trinajstić information content (AvgIpc) is 2.82. The minimum absolute atomic E-state index is 0.166. The summed E-state index contributed by atoms with van der Waals surface area (Å²) < 4.78 is 49.8. The number of rotatable bonds is 2. The third-order valence-electron chi connectivity index (χ3n) is 2.07. The molecule has 2 rings (SSSR count). The van der Waals surface area contributed by atoms with Gasteiger partial charge in [-0.2, -0.15) is 13.2 Å². The second kappa shape index (κ2) is 5.82. The Hall–Kier alpha value is -1.94. The molecule has 0 fully saturated rings. The molecule has 5 nitrogen and oxygen atoms in total. The standard InChI is InChI=1S/C10H5ClF4N4OS/c11-5-3-4(1-2-6(5)12)16-8(20)17-9-19-18-7(21-9)10(13,14)15/h1-3H,(H2,16,17,19,20). The lowest BCUT2D eigenvalue weighted by atomic mass is 10.3. The maximum Gasteiger partial charge on any atom is 0.445 e. The lowest BCUT2D eigenvalue weighted by molar-refractivity contribution is -0.138. The number of carbonyl (C=O) groups excluding carboxylic acids is 1. The van der Waals surface area contributed by atoms with Crippen LogP contribution in [0, 0.1) is 5.82 Å². The quantitative estimate of drug-likeness (QED) is 0.812. The lowest BCUT2D eigenvalue weighted by Crippen LogP contribution is -2.19. The number of urea groups is 1. The third kappa shape index (κ3) is 4.02. The summed E-state index contributed by atoms with van der Waals surface area (Å²) in [7, 11) is 0. The van der Waals surface area contributed by atoms with Gasteiger partial charge in [-0.3, -0.25) is 5.32 Å². The zero-order chi connectivity index (χ0) is 15.6. The number of benzene rings is 1. The molecule has 2 N–H and O–H groups in total. The molecule has 0 spiro atoms. The van der Waals surface area contributed by atoms with Crippen molar-refractivity contribution in [3.8, 4) is 0 Å². The molecule has 1 aromatic heterocycles. The number of nitrogens with one attached hydrogen (secondary N) is 2. The molecule has 2 aromatic rings.